The Morgan fingerprint density at radius 1 is 1.00 bits per heavy atom. The minimum absolute atomic E-state index is 0.0219. The first-order valence-corrected chi connectivity index (χ1v) is 11.1. The molecule has 9 heteroatoms. The summed E-state index contributed by atoms with van der Waals surface area (Å²) in [7, 11) is 0. The van der Waals surface area contributed by atoms with Gasteiger partial charge in [-0.1, -0.05) is 12.1 Å². The Morgan fingerprint density at radius 2 is 1.85 bits per heavy atom. The molecule has 9 nitrogen and oxygen atoms in total. The second kappa shape index (κ2) is 9.40. The molecule has 0 unspecified atom stereocenters. The molecular weight excluding hydrogens is 430 g/mol. The van der Waals surface area contributed by atoms with E-state index in [1.54, 1.807) is 17.1 Å². The molecule has 1 aliphatic heterocycles. The molecule has 0 aliphatic carbocycles. The minimum Gasteiger partial charge on any atom is -0.503 e. The molecule has 172 valence electrons. The SMILES string of the molecule is C/C(=C\c1nc(-n2ccc(-c3cccc(C)n3)n2)nc(N2CCOCC2)c1O)c1ccccn1. The topological polar surface area (TPSA) is 102 Å². The third-order valence-corrected chi connectivity index (χ3v) is 5.56. The summed E-state index contributed by atoms with van der Waals surface area (Å²) in [6.45, 7) is 6.28. The third kappa shape index (κ3) is 4.51. The number of morpholine rings is 1. The van der Waals surface area contributed by atoms with Crippen molar-refractivity contribution in [2.75, 3.05) is 31.2 Å². The highest BCUT2D eigenvalue weighted by Gasteiger charge is 2.22. The molecule has 5 rings (SSSR count). The number of nitrogens with zero attached hydrogens (tertiary/aromatic N) is 7. The number of aromatic nitrogens is 6. The van der Waals surface area contributed by atoms with Gasteiger partial charge in [-0.15, -0.1) is 0 Å². The van der Waals surface area contributed by atoms with Crippen LogP contribution in [0.2, 0.25) is 0 Å². The van der Waals surface area contributed by atoms with Crippen molar-refractivity contribution in [3.8, 4) is 23.1 Å². The molecule has 0 aromatic carbocycles. The Kier molecular flexibility index (Phi) is 6.01. The van der Waals surface area contributed by atoms with Crippen molar-refractivity contribution >= 4 is 17.5 Å². The van der Waals surface area contributed by atoms with Crippen LogP contribution in [0, 0.1) is 6.92 Å². The maximum atomic E-state index is 11.1. The Hall–Kier alpha value is -4.11. The van der Waals surface area contributed by atoms with Crippen LogP contribution in [0.5, 0.6) is 5.75 Å². The normalized spacial score (nSPS) is 14.4. The first-order valence-electron chi connectivity index (χ1n) is 11.1. The van der Waals surface area contributed by atoms with Crippen molar-refractivity contribution in [2.24, 2.45) is 0 Å². The number of hydrogen-bond acceptors (Lipinski definition) is 8. The van der Waals surface area contributed by atoms with Crippen molar-refractivity contribution in [2.45, 2.75) is 13.8 Å². The van der Waals surface area contributed by atoms with E-state index in [2.05, 4.69) is 25.0 Å². The highest BCUT2D eigenvalue weighted by atomic mass is 16.5. The molecule has 4 aromatic heterocycles. The van der Waals surface area contributed by atoms with Crippen LogP contribution in [0.25, 0.3) is 29.0 Å². The molecule has 5 heterocycles. The summed E-state index contributed by atoms with van der Waals surface area (Å²) in [5.74, 6) is 0.839. The smallest absolute Gasteiger partial charge is 0.253 e. The molecular formula is C25H25N7O2. The molecule has 0 radical (unpaired) electrons. The lowest BCUT2D eigenvalue weighted by Gasteiger charge is -2.28. The summed E-state index contributed by atoms with van der Waals surface area (Å²) < 4.78 is 7.09. The van der Waals surface area contributed by atoms with E-state index in [1.807, 2.05) is 67.3 Å². The summed E-state index contributed by atoms with van der Waals surface area (Å²) in [5, 5.41) is 15.8. The number of anilines is 1. The van der Waals surface area contributed by atoms with Gasteiger partial charge < -0.3 is 14.7 Å². The van der Waals surface area contributed by atoms with Gasteiger partial charge in [0.2, 0.25) is 0 Å². The van der Waals surface area contributed by atoms with Gasteiger partial charge in [-0.05, 0) is 55.8 Å². The van der Waals surface area contributed by atoms with E-state index >= 15 is 0 Å². The van der Waals surface area contributed by atoms with Crippen molar-refractivity contribution in [3.63, 3.8) is 0 Å². The summed E-state index contributed by atoms with van der Waals surface area (Å²) >= 11 is 0. The van der Waals surface area contributed by atoms with E-state index in [9.17, 15) is 5.11 Å². The van der Waals surface area contributed by atoms with Crippen molar-refractivity contribution < 1.29 is 9.84 Å². The Morgan fingerprint density at radius 3 is 2.62 bits per heavy atom. The van der Waals surface area contributed by atoms with Crippen LogP contribution in [0.1, 0.15) is 24.0 Å². The van der Waals surface area contributed by atoms with Crippen molar-refractivity contribution in [1.82, 2.24) is 29.7 Å². The molecule has 1 fully saturated rings. The standard InChI is InChI=1S/C25H25N7O2/c1-17(19-7-3-4-10-26-19)16-22-23(33)24(31-12-14-34-15-13-31)29-25(28-22)32-11-9-21(30-32)20-8-5-6-18(2)27-20/h3-11,16,33H,12-15H2,1-2H3/b17-16+. The lowest BCUT2D eigenvalue weighted by Crippen LogP contribution is -2.37. The molecule has 0 atom stereocenters. The molecule has 0 amide bonds. The van der Waals surface area contributed by atoms with Gasteiger partial charge in [-0.3, -0.25) is 9.97 Å². The average Bonchev–Trinajstić information content (AvgIpc) is 3.37. The van der Waals surface area contributed by atoms with E-state index in [0.717, 1.165) is 28.3 Å². The second-order valence-electron chi connectivity index (χ2n) is 8.03. The average molecular weight is 456 g/mol. The monoisotopic (exact) mass is 455 g/mol. The molecule has 0 saturated carbocycles. The molecule has 4 aromatic rings. The lowest BCUT2D eigenvalue weighted by atomic mass is 10.1. The van der Waals surface area contributed by atoms with E-state index in [1.165, 1.54) is 0 Å². The summed E-state index contributed by atoms with van der Waals surface area (Å²) in [4.78, 5) is 20.3. The quantitative estimate of drug-likeness (QED) is 0.488. The van der Waals surface area contributed by atoms with Gasteiger partial charge in [0.25, 0.3) is 5.95 Å². The van der Waals surface area contributed by atoms with Crippen molar-refractivity contribution in [1.29, 1.82) is 0 Å². The predicted molar refractivity (Wildman–Crippen MR) is 130 cm³/mol. The zero-order chi connectivity index (χ0) is 23.5. The lowest BCUT2D eigenvalue weighted by molar-refractivity contribution is 0.122. The Balaban J connectivity index is 1.59. The number of pyridine rings is 2. The Bertz CT molecular complexity index is 1330. The Labute approximate surface area is 197 Å². The molecule has 1 saturated heterocycles. The number of rotatable bonds is 5. The molecule has 0 spiro atoms. The van der Waals surface area contributed by atoms with E-state index in [0.29, 0.717) is 43.8 Å². The van der Waals surface area contributed by atoms with Gasteiger partial charge in [0.05, 0.1) is 24.6 Å². The highest BCUT2D eigenvalue weighted by Crippen LogP contribution is 2.32. The fourth-order valence-corrected chi connectivity index (χ4v) is 3.78. The minimum atomic E-state index is 0.0219. The number of aryl methyl sites for hydroxylation is 1. The summed E-state index contributed by atoms with van der Waals surface area (Å²) in [6.07, 6.45) is 5.36. The number of ether oxygens (including phenoxy) is 1. The van der Waals surface area contributed by atoms with Crippen LogP contribution in [0.4, 0.5) is 5.82 Å². The third-order valence-electron chi connectivity index (χ3n) is 5.56. The zero-order valence-corrected chi connectivity index (χ0v) is 19.1. The summed E-state index contributed by atoms with van der Waals surface area (Å²) in [6, 6.07) is 13.4. The predicted octanol–water partition coefficient (Wildman–Crippen LogP) is 3.53. The van der Waals surface area contributed by atoms with E-state index in [-0.39, 0.29) is 5.75 Å². The zero-order valence-electron chi connectivity index (χ0n) is 19.1. The first kappa shape index (κ1) is 21.7. The van der Waals surface area contributed by atoms with Gasteiger partial charge in [-0.25, -0.2) is 9.67 Å². The van der Waals surface area contributed by atoms with Gasteiger partial charge >= 0.3 is 0 Å². The van der Waals surface area contributed by atoms with Crippen LogP contribution in [-0.4, -0.2) is 61.1 Å². The largest absolute Gasteiger partial charge is 0.503 e. The second-order valence-corrected chi connectivity index (χ2v) is 8.03. The van der Waals surface area contributed by atoms with Crippen LogP contribution in [0.15, 0.2) is 54.9 Å². The van der Waals surface area contributed by atoms with Crippen LogP contribution in [0.3, 0.4) is 0 Å². The highest BCUT2D eigenvalue weighted by molar-refractivity contribution is 5.81. The van der Waals surface area contributed by atoms with Gasteiger partial charge in [0.1, 0.15) is 11.4 Å². The summed E-state index contributed by atoms with van der Waals surface area (Å²) in [5.41, 5.74) is 4.49. The number of aromatic hydroxyl groups is 1. The van der Waals surface area contributed by atoms with Crippen LogP contribution < -0.4 is 4.90 Å². The van der Waals surface area contributed by atoms with E-state index < -0.39 is 0 Å². The number of allylic oxidation sites excluding steroid dienone is 1. The maximum Gasteiger partial charge on any atom is 0.253 e. The molecule has 34 heavy (non-hydrogen) atoms. The molecule has 1 N–H and O–H groups in total. The molecule has 0 bridgehead atoms. The van der Waals surface area contributed by atoms with Gasteiger partial charge in [-0.2, -0.15) is 10.1 Å². The van der Waals surface area contributed by atoms with Crippen LogP contribution in [-0.2, 0) is 4.74 Å². The fraction of sp³-hybridized carbons (Fsp3) is 0.240. The van der Waals surface area contributed by atoms with Crippen molar-refractivity contribution in [3.05, 3.63) is 71.9 Å². The van der Waals surface area contributed by atoms with Gasteiger partial charge in [0, 0.05) is 31.2 Å². The van der Waals surface area contributed by atoms with E-state index in [4.69, 9.17) is 4.74 Å². The maximum absolute atomic E-state index is 11.1. The molecule has 1 aliphatic rings. The first-order chi connectivity index (χ1) is 16.6. The fourth-order valence-electron chi connectivity index (χ4n) is 3.78. The van der Waals surface area contributed by atoms with Crippen LogP contribution >= 0.6 is 0 Å². The number of hydrogen-bond donors (Lipinski definition) is 1. The van der Waals surface area contributed by atoms with Gasteiger partial charge in [0.15, 0.2) is 11.6 Å².